The number of rotatable bonds is 4. The van der Waals surface area contributed by atoms with E-state index in [0.717, 1.165) is 6.07 Å². The first-order valence-corrected chi connectivity index (χ1v) is 6.92. The average molecular weight is 319 g/mol. The van der Waals surface area contributed by atoms with E-state index in [0.29, 0.717) is 18.1 Å². The second-order valence-electron chi connectivity index (χ2n) is 4.58. The molecule has 1 rings (SSSR count). The summed E-state index contributed by atoms with van der Waals surface area (Å²) in [6, 6.07) is 2.70. The Labute approximate surface area is 153 Å². The monoisotopic (exact) mass is 319 g/mol. The van der Waals surface area contributed by atoms with Gasteiger partial charge in [-0.3, -0.25) is 0 Å². The number of sulfonamides is 1. The van der Waals surface area contributed by atoms with Crippen molar-refractivity contribution in [1.29, 1.82) is 0 Å². The van der Waals surface area contributed by atoms with Crippen LogP contribution in [0.25, 0.3) is 0 Å². The summed E-state index contributed by atoms with van der Waals surface area (Å²) in [6.45, 7) is -1.55. The van der Waals surface area contributed by atoms with Gasteiger partial charge in [-0.05, 0) is 17.9 Å². The molecule has 0 aliphatic rings. The van der Waals surface area contributed by atoms with Crippen molar-refractivity contribution in [2.45, 2.75) is 25.2 Å². The molecule has 0 saturated heterocycles. The summed E-state index contributed by atoms with van der Waals surface area (Å²) in [4.78, 5) is -0.437. The first-order chi connectivity index (χ1) is 8.01. The second-order valence-corrected chi connectivity index (χ2v) is 6.11. The summed E-state index contributed by atoms with van der Waals surface area (Å²) in [6.07, 6.45) is 0.358. The smallest absolute Gasteiger partial charge is 0.445 e. The molecule has 0 aliphatic heterocycles. The average Bonchev–Trinajstić information content (AvgIpc) is 2.13. The normalized spacial score (nSPS) is 12.4. The molecule has 0 fully saturated rings. The van der Waals surface area contributed by atoms with Gasteiger partial charge in [-0.2, -0.15) is 0 Å². The number of halogens is 3. The molecule has 0 heterocycles. The zero-order chi connectivity index (χ0) is 14.1. The fraction of sp³-hybridized carbons (Fsp3) is 0.400. The molecular weight excluding hydrogens is 305 g/mol. The summed E-state index contributed by atoms with van der Waals surface area (Å²) in [5, 5.41) is 4.96. The van der Waals surface area contributed by atoms with Gasteiger partial charge in [-0.15, -0.1) is 5.46 Å². The molecule has 0 bridgehead atoms. The Morgan fingerprint density at radius 2 is 1.79 bits per heavy atom. The van der Waals surface area contributed by atoms with E-state index in [1.54, 1.807) is 0 Å². The van der Waals surface area contributed by atoms with Crippen LogP contribution in [0.2, 0.25) is 0 Å². The van der Waals surface area contributed by atoms with Gasteiger partial charge in [0.05, 0.1) is 4.90 Å². The van der Waals surface area contributed by atoms with Crippen molar-refractivity contribution < 1.29 is 72.7 Å². The third kappa shape index (κ3) is 5.86. The van der Waals surface area contributed by atoms with Crippen molar-refractivity contribution >= 4 is 22.5 Å². The third-order valence-electron chi connectivity index (χ3n) is 2.40. The molecule has 1 aromatic rings. The van der Waals surface area contributed by atoms with Crippen molar-refractivity contribution in [3.8, 4) is 0 Å². The predicted molar refractivity (Wildman–Crippen MR) is 65.1 cm³/mol. The second kappa shape index (κ2) is 7.06. The van der Waals surface area contributed by atoms with Crippen LogP contribution in [0, 0.1) is 5.92 Å². The molecule has 2 N–H and O–H groups in total. The Kier molecular flexibility index (Phi) is 7.29. The SMILES string of the molecule is CC(C)Cc1ccc([B-](F)(F)F)cc1S(N)(=O)=O.[K+]. The van der Waals surface area contributed by atoms with Crippen LogP contribution in [0.5, 0.6) is 0 Å². The Bertz CT molecular complexity index is 546. The third-order valence-corrected chi connectivity index (χ3v) is 3.40. The molecule has 102 valence electrons. The molecule has 9 heteroatoms. The molecule has 0 spiro atoms. The maximum absolute atomic E-state index is 12.6. The maximum atomic E-state index is 12.6. The van der Waals surface area contributed by atoms with Gasteiger partial charge in [0.2, 0.25) is 10.0 Å². The van der Waals surface area contributed by atoms with Gasteiger partial charge in [0.15, 0.2) is 0 Å². The van der Waals surface area contributed by atoms with Gasteiger partial charge >= 0.3 is 58.4 Å². The van der Waals surface area contributed by atoms with Crippen LogP contribution in [0.3, 0.4) is 0 Å². The standard InChI is InChI=1S/C10H14BF3NO2S.K/c1-7(2)5-8-3-4-9(11(12,13)14)6-10(8)18(15,16)17;/h3-4,6-7H,5H2,1-2H3,(H2,15,16,17);/q-1;+1. The van der Waals surface area contributed by atoms with Crippen molar-refractivity contribution in [1.82, 2.24) is 0 Å². The zero-order valence-corrected chi connectivity index (χ0v) is 15.0. The van der Waals surface area contributed by atoms with Crippen LogP contribution in [0.1, 0.15) is 19.4 Å². The summed E-state index contributed by atoms with van der Waals surface area (Å²) >= 11 is 0. The number of hydrogen-bond acceptors (Lipinski definition) is 2. The molecular formula is C10H14BF3KNO2S. The van der Waals surface area contributed by atoms with E-state index < -0.39 is 27.4 Å². The first kappa shape index (κ1) is 19.6. The van der Waals surface area contributed by atoms with Gasteiger partial charge in [-0.1, -0.05) is 32.0 Å². The van der Waals surface area contributed by atoms with E-state index in [1.165, 1.54) is 6.07 Å². The van der Waals surface area contributed by atoms with E-state index in [1.807, 2.05) is 13.8 Å². The Hall–Kier alpha value is 0.621. The maximum Gasteiger partial charge on any atom is 1.00 e. The van der Waals surface area contributed by atoms with Crippen LogP contribution in [0.4, 0.5) is 12.9 Å². The van der Waals surface area contributed by atoms with Crippen molar-refractivity contribution in [2.24, 2.45) is 11.1 Å². The van der Waals surface area contributed by atoms with Crippen molar-refractivity contribution in [3.05, 3.63) is 23.8 Å². The molecule has 0 radical (unpaired) electrons. The minimum atomic E-state index is -5.23. The van der Waals surface area contributed by atoms with Crippen LogP contribution >= 0.6 is 0 Å². The first-order valence-electron chi connectivity index (χ1n) is 5.37. The van der Waals surface area contributed by atoms with Crippen LogP contribution in [-0.4, -0.2) is 15.4 Å². The fourth-order valence-corrected chi connectivity index (χ4v) is 2.47. The van der Waals surface area contributed by atoms with Gasteiger partial charge < -0.3 is 12.9 Å². The zero-order valence-electron chi connectivity index (χ0n) is 11.0. The van der Waals surface area contributed by atoms with Crippen LogP contribution in [-0.2, 0) is 16.4 Å². The summed E-state index contributed by atoms with van der Waals surface area (Å²) in [7, 11) is -4.15. The number of hydrogen-bond donors (Lipinski definition) is 1. The number of benzene rings is 1. The van der Waals surface area contributed by atoms with E-state index in [-0.39, 0.29) is 57.3 Å². The molecule has 0 saturated carbocycles. The number of primary sulfonamides is 1. The Morgan fingerprint density at radius 3 is 2.16 bits per heavy atom. The Balaban J connectivity index is 0.00000324. The quantitative estimate of drug-likeness (QED) is 0.694. The van der Waals surface area contributed by atoms with Crippen molar-refractivity contribution in [3.63, 3.8) is 0 Å². The summed E-state index contributed by atoms with van der Waals surface area (Å²) in [5.74, 6) is 0.118. The molecule has 0 aromatic heterocycles. The fourth-order valence-electron chi connectivity index (χ4n) is 1.65. The minimum absolute atomic E-state index is 0. The van der Waals surface area contributed by atoms with E-state index >= 15 is 0 Å². The van der Waals surface area contributed by atoms with Crippen molar-refractivity contribution in [2.75, 3.05) is 0 Å². The Morgan fingerprint density at radius 1 is 1.26 bits per heavy atom. The molecule has 19 heavy (non-hydrogen) atoms. The molecule has 0 aliphatic carbocycles. The van der Waals surface area contributed by atoms with Gasteiger partial charge in [0, 0.05) is 0 Å². The van der Waals surface area contributed by atoms with E-state index in [4.69, 9.17) is 5.14 Å². The molecule has 0 atom stereocenters. The van der Waals surface area contributed by atoms with E-state index in [2.05, 4.69) is 0 Å². The minimum Gasteiger partial charge on any atom is -0.445 e. The largest absolute Gasteiger partial charge is 1.00 e. The summed E-state index contributed by atoms with van der Waals surface area (Å²) < 4.78 is 60.4. The van der Waals surface area contributed by atoms with E-state index in [9.17, 15) is 21.4 Å². The molecule has 3 nitrogen and oxygen atoms in total. The topological polar surface area (TPSA) is 60.2 Å². The van der Waals surface area contributed by atoms with Gasteiger partial charge in [0.1, 0.15) is 0 Å². The van der Waals surface area contributed by atoms with Crippen LogP contribution in [0.15, 0.2) is 23.1 Å². The van der Waals surface area contributed by atoms with Gasteiger partial charge in [0.25, 0.3) is 0 Å². The molecule has 1 aromatic carbocycles. The summed E-state index contributed by atoms with van der Waals surface area (Å²) in [5.41, 5.74) is -0.636. The predicted octanol–water partition coefficient (Wildman–Crippen LogP) is -1.41. The van der Waals surface area contributed by atoms with Gasteiger partial charge in [-0.25, -0.2) is 13.6 Å². The number of nitrogens with two attached hydrogens (primary N) is 1. The molecule has 0 amide bonds. The molecule has 0 unspecified atom stereocenters. The van der Waals surface area contributed by atoms with Crippen LogP contribution < -0.4 is 62.0 Å².